The van der Waals surface area contributed by atoms with Crippen molar-refractivity contribution in [1.82, 2.24) is 20.2 Å². The van der Waals surface area contributed by atoms with E-state index in [1.807, 2.05) is 6.07 Å². The highest BCUT2D eigenvalue weighted by Crippen LogP contribution is 2.29. The largest absolute Gasteiger partial charge is 0.350 e. The van der Waals surface area contributed by atoms with E-state index in [1.54, 1.807) is 29.5 Å². The number of H-pyrrole nitrogens is 2. The van der Waals surface area contributed by atoms with Crippen LogP contribution < -0.4 is 16.4 Å². The summed E-state index contributed by atoms with van der Waals surface area (Å²) < 4.78 is 0. The van der Waals surface area contributed by atoms with Crippen LogP contribution in [0.1, 0.15) is 41.0 Å². The zero-order valence-electron chi connectivity index (χ0n) is 16.2. The van der Waals surface area contributed by atoms with Gasteiger partial charge in [0.25, 0.3) is 5.91 Å². The predicted molar refractivity (Wildman–Crippen MR) is 115 cm³/mol. The average molecular weight is 413 g/mol. The second-order valence-corrected chi connectivity index (χ2v) is 8.61. The molecule has 8 heteroatoms. The Kier molecular flexibility index (Phi) is 5.64. The summed E-state index contributed by atoms with van der Waals surface area (Å²) >= 11 is 1.71. The maximum Gasteiger partial charge on any atom is 0.314 e. The van der Waals surface area contributed by atoms with E-state index in [1.165, 1.54) is 17.7 Å². The van der Waals surface area contributed by atoms with Crippen LogP contribution in [0, 0.1) is 5.92 Å². The Morgan fingerprint density at radius 1 is 1.17 bits per heavy atom. The zero-order valence-corrected chi connectivity index (χ0v) is 17.1. The van der Waals surface area contributed by atoms with Crippen molar-refractivity contribution in [3.63, 3.8) is 0 Å². The Morgan fingerprint density at radius 2 is 1.90 bits per heavy atom. The normalized spacial score (nSPS) is 16.7. The predicted octanol–water partition coefficient (Wildman–Crippen LogP) is 2.48. The van der Waals surface area contributed by atoms with Crippen LogP contribution in [0.4, 0.5) is 0 Å². The first-order valence-corrected chi connectivity index (χ1v) is 10.7. The van der Waals surface area contributed by atoms with Crippen molar-refractivity contribution in [2.75, 3.05) is 19.6 Å². The Labute approximate surface area is 171 Å². The van der Waals surface area contributed by atoms with Crippen LogP contribution in [0.5, 0.6) is 0 Å². The number of nitrogens with one attached hydrogen (secondary N) is 3. The second kappa shape index (κ2) is 8.34. The van der Waals surface area contributed by atoms with Gasteiger partial charge in [0.05, 0.1) is 17.1 Å². The Bertz CT molecular complexity index is 1110. The third-order valence-corrected chi connectivity index (χ3v) is 6.54. The maximum atomic E-state index is 12.8. The molecule has 3 aromatic rings. The number of piperidine rings is 1. The molecule has 7 nitrogen and oxygen atoms in total. The molecule has 2 aromatic heterocycles. The van der Waals surface area contributed by atoms with E-state index in [0.717, 1.165) is 19.0 Å². The van der Waals surface area contributed by atoms with Gasteiger partial charge < -0.3 is 15.3 Å². The molecule has 0 radical (unpaired) electrons. The lowest BCUT2D eigenvalue weighted by atomic mass is 9.97. The number of hydrogen-bond acceptors (Lipinski definition) is 5. The van der Waals surface area contributed by atoms with Gasteiger partial charge in [-0.2, -0.15) is 0 Å². The second-order valence-electron chi connectivity index (χ2n) is 7.63. The van der Waals surface area contributed by atoms with Crippen LogP contribution in [0.2, 0.25) is 0 Å². The van der Waals surface area contributed by atoms with Crippen LogP contribution in [0.15, 0.2) is 45.3 Å². The number of rotatable bonds is 5. The van der Waals surface area contributed by atoms with E-state index in [0.29, 0.717) is 23.1 Å². The number of hydrogen-bond donors (Lipinski definition) is 3. The molecule has 1 aliphatic heterocycles. The summed E-state index contributed by atoms with van der Waals surface area (Å²) in [5.41, 5.74) is -0.0685. The lowest BCUT2D eigenvalue weighted by Crippen LogP contribution is -2.41. The smallest absolute Gasteiger partial charge is 0.314 e. The molecule has 1 aliphatic rings. The molecule has 4 rings (SSSR count). The monoisotopic (exact) mass is 412 g/mol. The van der Waals surface area contributed by atoms with Gasteiger partial charge in [-0.05, 0) is 61.5 Å². The first kappa shape index (κ1) is 19.6. The zero-order chi connectivity index (χ0) is 20.4. The minimum absolute atomic E-state index is 0.156. The van der Waals surface area contributed by atoms with Gasteiger partial charge in [0.15, 0.2) is 0 Å². The lowest BCUT2D eigenvalue weighted by molar-refractivity contribution is 0.0915. The van der Waals surface area contributed by atoms with Crippen molar-refractivity contribution >= 4 is 28.3 Å². The fourth-order valence-corrected chi connectivity index (χ4v) is 4.64. The molecular weight excluding hydrogens is 388 g/mol. The van der Waals surface area contributed by atoms with Gasteiger partial charge in [-0.3, -0.25) is 19.3 Å². The van der Waals surface area contributed by atoms with Crippen molar-refractivity contribution in [1.29, 1.82) is 0 Å². The summed E-state index contributed by atoms with van der Waals surface area (Å²) in [4.78, 5) is 44.5. The van der Waals surface area contributed by atoms with Gasteiger partial charge in [-0.1, -0.05) is 13.0 Å². The number of aromatic amines is 2. The number of likely N-dealkylation sites (tertiary alicyclic amines) is 1. The van der Waals surface area contributed by atoms with E-state index < -0.39 is 11.1 Å². The molecule has 1 aromatic carbocycles. The molecule has 1 saturated heterocycles. The first-order chi connectivity index (χ1) is 14.0. The van der Waals surface area contributed by atoms with Crippen LogP contribution in [-0.2, 0) is 0 Å². The van der Waals surface area contributed by atoms with Crippen molar-refractivity contribution in [2.24, 2.45) is 5.92 Å². The maximum absolute atomic E-state index is 12.8. The number of thiophene rings is 1. The van der Waals surface area contributed by atoms with Gasteiger partial charge in [0.2, 0.25) is 0 Å². The standard InChI is InChI=1S/C21H24N4O3S/c1-13-6-8-25(9-7-13)17(18-3-2-10-29-18)12-22-19(26)14-4-5-15-16(11-14)24-21(28)20(27)23-15/h2-5,10-11,13,17H,6-9,12H2,1H3,(H,22,26)(H,23,27)(H,24,28)/t17-/m0/s1. The molecule has 0 unspecified atom stereocenters. The molecule has 3 N–H and O–H groups in total. The van der Waals surface area contributed by atoms with E-state index in [2.05, 4.69) is 38.6 Å². The number of amides is 1. The fourth-order valence-electron chi connectivity index (χ4n) is 3.78. The molecule has 1 fully saturated rings. The van der Waals surface area contributed by atoms with Crippen molar-refractivity contribution in [3.8, 4) is 0 Å². The minimum Gasteiger partial charge on any atom is -0.350 e. The van der Waals surface area contributed by atoms with Crippen molar-refractivity contribution in [2.45, 2.75) is 25.8 Å². The highest BCUT2D eigenvalue weighted by Gasteiger charge is 2.25. The number of benzene rings is 1. The minimum atomic E-state index is -0.729. The third kappa shape index (κ3) is 4.33. The molecule has 0 spiro atoms. The van der Waals surface area contributed by atoms with Crippen LogP contribution in [0.25, 0.3) is 11.0 Å². The topological polar surface area (TPSA) is 98.1 Å². The average Bonchev–Trinajstić information content (AvgIpc) is 3.24. The summed E-state index contributed by atoms with van der Waals surface area (Å²) in [6.07, 6.45) is 2.35. The first-order valence-electron chi connectivity index (χ1n) is 9.83. The molecule has 0 saturated carbocycles. The Hall–Kier alpha value is -2.71. The SMILES string of the molecule is CC1CCN([C@@H](CNC(=O)c2ccc3[nH]c(=O)c(=O)[nH]c3c2)c2cccs2)CC1. The Morgan fingerprint density at radius 3 is 2.59 bits per heavy atom. The molecule has 3 heterocycles. The molecule has 1 amide bonds. The molecule has 152 valence electrons. The van der Waals surface area contributed by atoms with Crippen LogP contribution in [-0.4, -0.2) is 40.4 Å². The van der Waals surface area contributed by atoms with Gasteiger partial charge in [-0.15, -0.1) is 11.3 Å². The molecule has 0 aliphatic carbocycles. The fraction of sp³-hybridized carbons (Fsp3) is 0.381. The van der Waals surface area contributed by atoms with Crippen LogP contribution in [0.3, 0.4) is 0 Å². The van der Waals surface area contributed by atoms with Gasteiger partial charge in [-0.25, -0.2) is 0 Å². The third-order valence-electron chi connectivity index (χ3n) is 5.57. The highest BCUT2D eigenvalue weighted by atomic mass is 32.1. The number of carbonyl (C=O) groups is 1. The summed E-state index contributed by atoms with van der Waals surface area (Å²) in [7, 11) is 0. The number of aromatic nitrogens is 2. The molecule has 29 heavy (non-hydrogen) atoms. The Balaban J connectivity index is 1.50. The van der Waals surface area contributed by atoms with E-state index in [-0.39, 0.29) is 11.9 Å². The van der Waals surface area contributed by atoms with Gasteiger partial charge in [0.1, 0.15) is 0 Å². The van der Waals surface area contributed by atoms with Crippen molar-refractivity contribution < 1.29 is 4.79 Å². The summed E-state index contributed by atoms with van der Waals surface area (Å²) in [5.74, 6) is 0.543. The summed E-state index contributed by atoms with van der Waals surface area (Å²) in [5, 5.41) is 5.12. The van der Waals surface area contributed by atoms with E-state index in [4.69, 9.17) is 0 Å². The number of nitrogens with zero attached hydrogens (tertiary/aromatic N) is 1. The quantitative estimate of drug-likeness (QED) is 0.561. The molecule has 1 atom stereocenters. The number of fused-ring (bicyclic) bond motifs is 1. The lowest BCUT2D eigenvalue weighted by Gasteiger charge is -2.36. The van der Waals surface area contributed by atoms with Crippen molar-refractivity contribution in [3.05, 3.63) is 66.9 Å². The molecule has 0 bridgehead atoms. The summed E-state index contributed by atoms with van der Waals surface area (Å²) in [6.45, 7) is 4.87. The molecular formula is C21H24N4O3S. The van der Waals surface area contributed by atoms with Gasteiger partial charge in [0, 0.05) is 17.0 Å². The van der Waals surface area contributed by atoms with E-state index >= 15 is 0 Å². The summed E-state index contributed by atoms with van der Waals surface area (Å²) in [6, 6.07) is 9.19. The number of carbonyl (C=O) groups excluding carboxylic acids is 1. The van der Waals surface area contributed by atoms with Crippen LogP contribution >= 0.6 is 11.3 Å². The van der Waals surface area contributed by atoms with E-state index in [9.17, 15) is 14.4 Å². The highest BCUT2D eigenvalue weighted by molar-refractivity contribution is 7.10. The van der Waals surface area contributed by atoms with Gasteiger partial charge >= 0.3 is 11.1 Å².